The molecule has 0 aliphatic rings. The summed E-state index contributed by atoms with van der Waals surface area (Å²) >= 11 is 12.3. The van der Waals surface area contributed by atoms with Crippen molar-refractivity contribution in [1.29, 1.82) is 5.26 Å². The topological polar surface area (TPSA) is 23.8 Å². The Labute approximate surface area is 107 Å². The van der Waals surface area contributed by atoms with Crippen LogP contribution in [-0.2, 0) is 0 Å². The van der Waals surface area contributed by atoms with Gasteiger partial charge in [0.25, 0.3) is 0 Å². The van der Waals surface area contributed by atoms with Crippen LogP contribution in [0.15, 0.2) is 18.2 Å². The van der Waals surface area contributed by atoms with Gasteiger partial charge in [-0.25, -0.2) is 0 Å². The fraction of sp³-hybridized carbons (Fsp3) is 0.462. The van der Waals surface area contributed by atoms with Crippen molar-refractivity contribution in [3.63, 3.8) is 0 Å². The van der Waals surface area contributed by atoms with Gasteiger partial charge in [-0.15, -0.1) is 0 Å². The third-order valence-electron chi connectivity index (χ3n) is 2.97. The molecule has 1 atom stereocenters. The maximum atomic E-state index is 9.29. The molecule has 0 N–H and O–H groups in total. The van der Waals surface area contributed by atoms with Crippen molar-refractivity contribution in [3.05, 3.63) is 33.8 Å². The predicted octanol–water partition coefficient (Wildman–Crippen LogP) is 5.04. The van der Waals surface area contributed by atoms with E-state index in [1.807, 2.05) is 0 Å². The number of rotatable bonds is 4. The molecule has 0 heterocycles. The van der Waals surface area contributed by atoms with Gasteiger partial charge in [-0.3, -0.25) is 0 Å². The molecule has 1 unspecified atom stereocenters. The van der Waals surface area contributed by atoms with Gasteiger partial charge in [0.1, 0.15) is 0 Å². The number of nitrogens with zero attached hydrogens (tertiary/aromatic N) is 1. The van der Waals surface area contributed by atoms with Crippen molar-refractivity contribution in [3.8, 4) is 6.07 Å². The summed E-state index contributed by atoms with van der Waals surface area (Å²) in [7, 11) is 0. The number of benzene rings is 1. The maximum absolute atomic E-state index is 9.29. The lowest BCUT2D eigenvalue weighted by molar-refractivity contribution is 0.453. The lowest BCUT2D eigenvalue weighted by Gasteiger charge is -2.21. The average Bonchev–Trinajstić information content (AvgIpc) is 2.28. The van der Waals surface area contributed by atoms with E-state index in [1.165, 1.54) is 0 Å². The van der Waals surface area contributed by atoms with E-state index in [1.54, 1.807) is 18.2 Å². The van der Waals surface area contributed by atoms with Crippen LogP contribution < -0.4 is 0 Å². The Bertz CT molecular complexity index is 371. The van der Waals surface area contributed by atoms with Crippen molar-refractivity contribution in [1.82, 2.24) is 0 Å². The quantitative estimate of drug-likeness (QED) is 0.740. The summed E-state index contributed by atoms with van der Waals surface area (Å²) in [5.74, 6) is 0.0959. The third kappa shape index (κ3) is 2.70. The van der Waals surface area contributed by atoms with Gasteiger partial charge in [0.15, 0.2) is 0 Å². The maximum Gasteiger partial charge on any atom is 0.0769 e. The standard InChI is InChI=1S/C13H15Cl2N/c1-3-9(4-2)10(8-16)13-11(14)6-5-7-12(13)15/h5-7,9-10H,3-4H2,1-2H3. The first-order chi connectivity index (χ1) is 7.65. The monoisotopic (exact) mass is 255 g/mol. The number of nitriles is 1. The molecule has 0 amide bonds. The Kier molecular flexibility index (Phi) is 5.12. The van der Waals surface area contributed by atoms with Gasteiger partial charge in [-0.2, -0.15) is 5.26 Å². The summed E-state index contributed by atoms with van der Waals surface area (Å²) in [5.41, 5.74) is 0.780. The fourth-order valence-electron chi connectivity index (χ4n) is 1.97. The minimum absolute atomic E-state index is 0.212. The van der Waals surface area contributed by atoms with E-state index in [4.69, 9.17) is 23.2 Å². The number of halogens is 2. The summed E-state index contributed by atoms with van der Waals surface area (Å²) in [6, 6.07) is 7.71. The molecule has 1 aromatic rings. The zero-order chi connectivity index (χ0) is 12.1. The van der Waals surface area contributed by atoms with Gasteiger partial charge in [-0.1, -0.05) is 56.0 Å². The molecular formula is C13H15Cl2N. The highest BCUT2D eigenvalue weighted by atomic mass is 35.5. The van der Waals surface area contributed by atoms with Crippen LogP contribution in [-0.4, -0.2) is 0 Å². The minimum Gasteiger partial charge on any atom is -0.198 e. The first-order valence-electron chi connectivity index (χ1n) is 5.49. The molecule has 16 heavy (non-hydrogen) atoms. The molecule has 1 rings (SSSR count). The Morgan fingerprint density at radius 3 is 2.06 bits per heavy atom. The Morgan fingerprint density at radius 2 is 1.69 bits per heavy atom. The molecule has 0 aliphatic heterocycles. The van der Waals surface area contributed by atoms with E-state index in [0.29, 0.717) is 16.0 Å². The third-order valence-corrected chi connectivity index (χ3v) is 3.63. The summed E-state index contributed by atoms with van der Waals surface area (Å²) in [4.78, 5) is 0. The molecule has 1 aromatic carbocycles. The molecule has 0 aromatic heterocycles. The molecule has 0 fully saturated rings. The zero-order valence-corrected chi connectivity index (χ0v) is 11.0. The summed E-state index contributed by atoms with van der Waals surface area (Å²) in [6.07, 6.45) is 1.91. The molecular weight excluding hydrogens is 241 g/mol. The van der Waals surface area contributed by atoms with E-state index in [-0.39, 0.29) is 5.92 Å². The van der Waals surface area contributed by atoms with E-state index in [2.05, 4.69) is 19.9 Å². The lowest BCUT2D eigenvalue weighted by atomic mass is 9.83. The summed E-state index contributed by atoms with van der Waals surface area (Å²) in [6.45, 7) is 4.17. The zero-order valence-electron chi connectivity index (χ0n) is 9.50. The van der Waals surface area contributed by atoms with Crippen LogP contribution in [0.5, 0.6) is 0 Å². The minimum atomic E-state index is -0.212. The summed E-state index contributed by atoms with van der Waals surface area (Å²) in [5, 5.41) is 10.5. The van der Waals surface area contributed by atoms with Gasteiger partial charge in [-0.05, 0) is 18.1 Å². The van der Waals surface area contributed by atoms with Crippen molar-refractivity contribution in [2.75, 3.05) is 0 Å². The van der Waals surface area contributed by atoms with Crippen LogP contribution >= 0.6 is 23.2 Å². The van der Waals surface area contributed by atoms with Crippen molar-refractivity contribution in [2.24, 2.45) is 5.92 Å². The van der Waals surface area contributed by atoms with Crippen LogP contribution in [0, 0.1) is 17.2 Å². The number of hydrogen-bond donors (Lipinski definition) is 0. The van der Waals surface area contributed by atoms with Gasteiger partial charge in [0, 0.05) is 15.6 Å². The highest BCUT2D eigenvalue weighted by Crippen LogP contribution is 2.37. The van der Waals surface area contributed by atoms with Crippen molar-refractivity contribution < 1.29 is 0 Å². The van der Waals surface area contributed by atoms with Crippen molar-refractivity contribution >= 4 is 23.2 Å². The smallest absolute Gasteiger partial charge is 0.0769 e. The van der Waals surface area contributed by atoms with Gasteiger partial charge in [0.05, 0.1) is 12.0 Å². The molecule has 3 heteroatoms. The van der Waals surface area contributed by atoms with Gasteiger partial charge >= 0.3 is 0 Å². The van der Waals surface area contributed by atoms with E-state index >= 15 is 0 Å². The molecule has 0 saturated carbocycles. The van der Waals surface area contributed by atoms with Crippen LogP contribution in [0.3, 0.4) is 0 Å². The molecule has 1 nitrogen and oxygen atoms in total. The molecule has 0 spiro atoms. The van der Waals surface area contributed by atoms with E-state index in [0.717, 1.165) is 18.4 Å². The molecule has 0 aliphatic carbocycles. The second kappa shape index (κ2) is 6.13. The first-order valence-corrected chi connectivity index (χ1v) is 6.24. The van der Waals surface area contributed by atoms with Crippen molar-refractivity contribution in [2.45, 2.75) is 32.6 Å². The van der Waals surface area contributed by atoms with Crippen LogP contribution in [0.2, 0.25) is 10.0 Å². The normalized spacial score (nSPS) is 12.5. The molecule has 86 valence electrons. The van der Waals surface area contributed by atoms with E-state index in [9.17, 15) is 5.26 Å². The average molecular weight is 256 g/mol. The van der Waals surface area contributed by atoms with Crippen LogP contribution in [0.25, 0.3) is 0 Å². The second-order valence-electron chi connectivity index (χ2n) is 3.82. The Balaban J connectivity index is 3.19. The first kappa shape index (κ1) is 13.4. The molecule has 0 radical (unpaired) electrons. The van der Waals surface area contributed by atoms with Gasteiger partial charge in [0.2, 0.25) is 0 Å². The Morgan fingerprint density at radius 1 is 1.19 bits per heavy atom. The van der Waals surface area contributed by atoms with Crippen LogP contribution in [0.1, 0.15) is 38.2 Å². The SMILES string of the molecule is CCC(CC)C(C#N)c1c(Cl)cccc1Cl. The molecule has 0 bridgehead atoms. The lowest BCUT2D eigenvalue weighted by Crippen LogP contribution is -2.10. The predicted molar refractivity (Wildman–Crippen MR) is 68.9 cm³/mol. The van der Waals surface area contributed by atoms with Gasteiger partial charge < -0.3 is 0 Å². The fourth-order valence-corrected chi connectivity index (χ4v) is 2.61. The van der Waals surface area contributed by atoms with E-state index < -0.39 is 0 Å². The second-order valence-corrected chi connectivity index (χ2v) is 4.63. The van der Waals surface area contributed by atoms with Crippen LogP contribution in [0.4, 0.5) is 0 Å². The molecule has 0 saturated heterocycles. The number of hydrogen-bond acceptors (Lipinski definition) is 1. The Hall–Kier alpha value is -0.710. The largest absolute Gasteiger partial charge is 0.198 e. The highest BCUT2D eigenvalue weighted by Gasteiger charge is 2.24. The summed E-state index contributed by atoms with van der Waals surface area (Å²) < 4.78 is 0. The highest BCUT2D eigenvalue weighted by molar-refractivity contribution is 6.36.